The van der Waals surface area contributed by atoms with Gasteiger partial charge in [-0.25, -0.2) is 8.42 Å². The minimum atomic E-state index is -2.83. The molecule has 1 N–H and O–H groups in total. The molecule has 1 aliphatic rings. The standard InChI is InChI=1S/C10H21NO2S/c1-10(2,3)11-8-5-6-9(7-8)14(4,12)13/h8-9,11H,5-7H2,1-4H3/t8-,9?/m1/s1. The summed E-state index contributed by atoms with van der Waals surface area (Å²) in [6.07, 6.45) is 3.91. The fourth-order valence-electron chi connectivity index (χ4n) is 2.07. The summed E-state index contributed by atoms with van der Waals surface area (Å²) in [7, 11) is -2.83. The molecule has 14 heavy (non-hydrogen) atoms. The molecule has 0 saturated heterocycles. The smallest absolute Gasteiger partial charge is 0.150 e. The molecule has 4 heteroatoms. The molecule has 0 spiro atoms. The van der Waals surface area contributed by atoms with Gasteiger partial charge in [-0.05, 0) is 40.0 Å². The fourth-order valence-corrected chi connectivity index (χ4v) is 3.22. The second kappa shape index (κ2) is 3.81. The second-order valence-electron chi connectivity index (χ2n) is 5.36. The molecule has 1 rings (SSSR count). The molecule has 0 amide bonds. The molecule has 1 saturated carbocycles. The first kappa shape index (κ1) is 12.0. The minimum absolute atomic E-state index is 0.0804. The van der Waals surface area contributed by atoms with E-state index in [0.717, 1.165) is 19.3 Å². The molecule has 1 aliphatic carbocycles. The van der Waals surface area contributed by atoms with E-state index in [4.69, 9.17) is 0 Å². The Morgan fingerprint density at radius 2 is 1.79 bits per heavy atom. The van der Waals surface area contributed by atoms with Gasteiger partial charge in [-0.15, -0.1) is 0 Å². The Kier molecular flexibility index (Phi) is 3.26. The van der Waals surface area contributed by atoms with Gasteiger partial charge in [-0.2, -0.15) is 0 Å². The lowest BCUT2D eigenvalue weighted by Crippen LogP contribution is -2.42. The van der Waals surface area contributed by atoms with E-state index >= 15 is 0 Å². The summed E-state index contributed by atoms with van der Waals surface area (Å²) in [5, 5.41) is 3.33. The van der Waals surface area contributed by atoms with E-state index in [1.165, 1.54) is 6.26 Å². The van der Waals surface area contributed by atoms with Gasteiger partial charge in [0.05, 0.1) is 5.25 Å². The highest BCUT2D eigenvalue weighted by molar-refractivity contribution is 7.91. The van der Waals surface area contributed by atoms with Crippen LogP contribution >= 0.6 is 0 Å². The SMILES string of the molecule is CC(C)(C)N[C@@H]1CCC(S(C)(=O)=O)C1. The predicted octanol–water partition coefficient (Wildman–Crippen LogP) is 1.34. The topological polar surface area (TPSA) is 46.2 Å². The summed E-state index contributed by atoms with van der Waals surface area (Å²) < 4.78 is 22.6. The van der Waals surface area contributed by atoms with Gasteiger partial charge in [0.2, 0.25) is 0 Å². The third-order valence-electron chi connectivity index (χ3n) is 2.63. The van der Waals surface area contributed by atoms with Crippen LogP contribution in [0.4, 0.5) is 0 Å². The van der Waals surface area contributed by atoms with Gasteiger partial charge in [-0.1, -0.05) is 0 Å². The van der Waals surface area contributed by atoms with Crippen molar-refractivity contribution in [2.75, 3.05) is 6.26 Å². The third-order valence-corrected chi connectivity index (χ3v) is 4.27. The van der Waals surface area contributed by atoms with Crippen molar-refractivity contribution in [3.63, 3.8) is 0 Å². The fraction of sp³-hybridized carbons (Fsp3) is 1.00. The quantitative estimate of drug-likeness (QED) is 0.762. The second-order valence-corrected chi connectivity index (χ2v) is 7.68. The molecule has 0 aromatic carbocycles. The largest absolute Gasteiger partial charge is 0.309 e. The highest BCUT2D eigenvalue weighted by Gasteiger charge is 2.32. The lowest BCUT2D eigenvalue weighted by molar-refractivity contribution is 0.361. The van der Waals surface area contributed by atoms with E-state index < -0.39 is 9.84 Å². The number of hydrogen-bond donors (Lipinski definition) is 1. The average molecular weight is 219 g/mol. The number of sulfone groups is 1. The average Bonchev–Trinajstić information content (AvgIpc) is 2.29. The van der Waals surface area contributed by atoms with Crippen molar-refractivity contribution in [1.82, 2.24) is 5.32 Å². The van der Waals surface area contributed by atoms with Crippen LogP contribution in [0.2, 0.25) is 0 Å². The molecule has 84 valence electrons. The van der Waals surface area contributed by atoms with E-state index in [1.807, 2.05) is 0 Å². The van der Waals surface area contributed by atoms with Gasteiger partial charge < -0.3 is 5.32 Å². The molecule has 0 aliphatic heterocycles. The summed E-state index contributed by atoms with van der Waals surface area (Å²) in [5.74, 6) is 0. The van der Waals surface area contributed by atoms with Crippen LogP contribution in [0.3, 0.4) is 0 Å². The zero-order valence-electron chi connectivity index (χ0n) is 9.50. The Morgan fingerprint density at radius 3 is 2.14 bits per heavy atom. The number of rotatable bonds is 2. The Balaban J connectivity index is 2.51. The maximum absolute atomic E-state index is 11.3. The lowest BCUT2D eigenvalue weighted by atomic mass is 10.1. The van der Waals surface area contributed by atoms with Crippen LogP contribution in [0.15, 0.2) is 0 Å². The van der Waals surface area contributed by atoms with E-state index in [2.05, 4.69) is 26.1 Å². The van der Waals surface area contributed by atoms with E-state index in [-0.39, 0.29) is 10.8 Å². The molecule has 0 heterocycles. The maximum atomic E-state index is 11.3. The summed E-state index contributed by atoms with van der Waals surface area (Å²) in [5.41, 5.74) is 0.0804. The first-order valence-corrected chi connectivity index (χ1v) is 7.10. The Hall–Kier alpha value is -0.0900. The van der Waals surface area contributed by atoms with Gasteiger partial charge in [0.15, 0.2) is 0 Å². The molecule has 3 nitrogen and oxygen atoms in total. The van der Waals surface area contributed by atoms with Crippen molar-refractivity contribution in [1.29, 1.82) is 0 Å². The molecule has 1 unspecified atom stereocenters. The van der Waals surface area contributed by atoms with Crippen molar-refractivity contribution < 1.29 is 8.42 Å². The lowest BCUT2D eigenvalue weighted by Gasteiger charge is -2.25. The summed E-state index contributed by atoms with van der Waals surface area (Å²) in [6, 6.07) is 0.370. The highest BCUT2D eigenvalue weighted by Crippen LogP contribution is 2.26. The van der Waals surface area contributed by atoms with Crippen LogP contribution in [0.25, 0.3) is 0 Å². The Morgan fingerprint density at radius 1 is 1.21 bits per heavy atom. The van der Waals surface area contributed by atoms with Gasteiger partial charge in [-0.3, -0.25) is 0 Å². The minimum Gasteiger partial charge on any atom is -0.309 e. The van der Waals surface area contributed by atoms with Crippen molar-refractivity contribution >= 4 is 9.84 Å². The molecular formula is C10H21NO2S. The number of nitrogens with one attached hydrogen (secondary N) is 1. The van der Waals surface area contributed by atoms with Gasteiger partial charge >= 0.3 is 0 Å². The molecule has 0 bridgehead atoms. The third kappa shape index (κ3) is 3.58. The van der Waals surface area contributed by atoms with Gasteiger partial charge in [0.25, 0.3) is 0 Å². The van der Waals surface area contributed by atoms with E-state index in [0.29, 0.717) is 6.04 Å². The maximum Gasteiger partial charge on any atom is 0.150 e. The van der Waals surface area contributed by atoms with E-state index in [1.54, 1.807) is 0 Å². The zero-order valence-corrected chi connectivity index (χ0v) is 10.3. The van der Waals surface area contributed by atoms with Crippen LogP contribution in [0.5, 0.6) is 0 Å². The Labute approximate surface area is 87.2 Å². The van der Waals surface area contributed by atoms with Crippen molar-refractivity contribution in [3.05, 3.63) is 0 Å². The first-order valence-electron chi connectivity index (χ1n) is 5.15. The van der Waals surface area contributed by atoms with Crippen molar-refractivity contribution in [2.45, 2.75) is 56.9 Å². The van der Waals surface area contributed by atoms with Crippen LogP contribution in [-0.2, 0) is 9.84 Å². The van der Waals surface area contributed by atoms with Gasteiger partial charge in [0, 0.05) is 17.8 Å². The molecule has 0 radical (unpaired) electrons. The van der Waals surface area contributed by atoms with Crippen molar-refractivity contribution in [2.24, 2.45) is 0 Å². The molecule has 0 aromatic heterocycles. The zero-order chi connectivity index (χ0) is 11.0. The van der Waals surface area contributed by atoms with E-state index in [9.17, 15) is 8.42 Å². The summed E-state index contributed by atoms with van der Waals surface area (Å²) >= 11 is 0. The molecular weight excluding hydrogens is 198 g/mol. The molecule has 2 atom stereocenters. The molecule has 0 aromatic rings. The summed E-state index contributed by atoms with van der Waals surface area (Å²) in [4.78, 5) is 0. The predicted molar refractivity (Wildman–Crippen MR) is 59.2 cm³/mol. The molecule has 1 fully saturated rings. The van der Waals surface area contributed by atoms with Gasteiger partial charge in [0.1, 0.15) is 9.84 Å². The van der Waals surface area contributed by atoms with Crippen LogP contribution in [-0.4, -0.2) is 31.5 Å². The van der Waals surface area contributed by atoms with Crippen LogP contribution in [0, 0.1) is 0 Å². The number of hydrogen-bond acceptors (Lipinski definition) is 3. The first-order chi connectivity index (χ1) is 6.18. The normalized spacial score (nSPS) is 29.4. The highest BCUT2D eigenvalue weighted by atomic mass is 32.2. The monoisotopic (exact) mass is 219 g/mol. The van der Waals surface area contributed by atoms with Crippen LogP contribution in [0.1, 0.15) is 40.0 Å². The van der Waals surface area contributed by atoms with Crippen LogP contribution < -0.4 is 5.32 Å². The van der Waals surface area contributed by atoms with Crippen molar-refractivity contribution in [3.8, 4) is 0 Å². The Bertz CT molecular complexity index is 290. The summed E-state index contributed by atoms with van der Waals surface area (Å²) in [6.45, 7) is 6.34.